The smallest absolute Gasteiger partial charge is 0.193 e. The minimum absolute atomic E-state index is 0. The standard InChI is InChI=1S/C18H35N3OS.HI/c1-5-19-17(20-14-15-8-12-23-13-9-15)21-10-6-16(7-11-21)22-18(2,3)4;/h15-16H,5-14H2,1-4H3,(H,19,20);1H. The molecule has 0 bridgehead atoms. The molecule has 0 amide bonds. The highest BCUT2D eigenvalue weighted by Gasteiger charge is 2.25. The van der Waals surface area contributed by atoms with Gasteiger partial charge in [-0.25, -0.2) is 0 Å². The highest BCUT2D eigenvalue weighted by atomic mass is 127. The van der Waals surface area contributed by atoms with Gasteiger partial charge in [0, 0.05) is 26.2 Å². The zero-order valence-electron chi connectivity index (χ0n) is 15.8. The van der Waals surface area contributed by atoms with E-state index in [1.165, 1.54) is 24.3 Å². The zero-order chi connectivity index (χ0) is 16.7. The summed E-state index contributed by atoms with van der Waals surface area (Å²) < 4.78 is 6.13. The maximum atomic E-state index is 6.13. The van der Waals surface area contributed by atoms with Crippen LogP contribution in [0.4, 0.5) is 0 Å². The largest absolute Gasteiger partial charge is 0.372 e. The molecular weight excluding hydrogens is 433 g/mol. The summed E-state index contributed by atoms with van der Waals surface area (Å²) in [7, 11) is 0. The number of halogens is 1. The van der Waals surface area contributed by atoms with Crippen molar-refractivity contribution in [1.29, 1.82) is 0 Å². The lowest BCUT2D eigenvalue weighted by atomic mass is 10.0. The topological polar surface area (TPSA) is 36.9 Å². The average molecular weight is 469 g/mol. The first kappa shape index (κ1) is 22.4. The molecule has 6 heteroatoms. The van der Waals surface area contributed by atoms with Gasteiger partial charge in [0.05, 0.1) is 11.7 Å². The molecule has 2 aliphatic rings. The van der Waals surface area contributed by atoms with Crippen LogP contribution in [-0.2, 0) is 4.74 Å². The highest BCUT2D eigenvalue weighted by Crippen LogP contribution is 2.23. The molecule has 0 aliphatic carbocycles. The van der Waals surface area contributed by atoms with E-state index in [1.54, 1.807) is 0 Å². The molecule has 0 atom stereocenters. The second-order valence-electron chi connectivity index (χ2n) is 7.67. The second kappa shape index (κ2) is 11.1. The molecule has 142 valence electrons. The summed E-state index contributed by atoms with van der Waals surface area (Å²) in [5, 5.41) is 3.48. The summed E-state index contributed by atoms with van der Waals surface area (Å²) in [5.74, 6) is 4.52. The van der Waals surface area contributed by atoms with Crippen LogP contribution in [0.3, 0.4) is 0 Å². The molecule has 2 heterocycles. The van der Waals surface area contributed by atoms with Gasteiger partial charge >= 0.3 is 0 Å². The summed E-state index contributed by atoms with van der Waals surface area (Å²) in [6, 6.07) is 0. The quantitative estimate of drug-likeness (QED) is 0.384. The molecule has 2 saturated heterocycles. The molecule has 0 saturated carbocycles. The summed E-state index contributed by atoms with van der Waals surface area (Å²) in [6.45, 7) is 12.6. The highest BCUT2D eigenvalue weighted by molar-refractivity contribution is 14.0. The number of rotatable bonds is 4. The first-order chi connectivity index (χ1) is 11.0. The van der Waals surface area contributed by atoms with Crippen LogP contribution in [0.1, 0.15) is 53.4 Å². The Morgan fingerprint density at radius 2 is 1.79 bits per heavy atom. The molecule has 0 aromatic carbocycles. The van der Waals surface area contributed by atoms with E-state index >= 15 is 0 Å². The third kappa shape index (κ3) is 8.13. The average Bonchev–Trinajstić information content (AvgIpc) is 2.52. The van der Waals surface area contributed by atoms with Gasteiger partial charge in [-0.15, -0.1) is 24.0 Å². The van der Waals surface area contributed by atoms with Crippen molar-refractivity contribution in [3.8, 4) is 0 Å². The molecule has 0 aromatic rings. The van der Waals surface area contributed by atoms with Crippen LogP contribution in [0, 0.1) is 5.92 Å². The lowest BCUT2D eigenvalue weighted by Gasteiger charge is -2.37. The van der Waals surface area contributed by atoms with Crippen molar-refractivity contribution in [2.45, 2.75) is 65.1 Å². The number of piperidine rings is 1. The number of ether oxygens (including phenoxy) is 1. The number of hydrogen-bond donors (Lipinski definition) is 1. The first-order valence-electron chi connectivity index (χ1n) is 9.26. The van der Waals surface area contributed by atoms with Gasteiger partial charge in [0.25, 0.3) is 0 Å². The van der Waals surface area contributed by atoms with Crippen molar-refractivity contribution in [2.75, 3.05) is 37.7 Å². The van der Waals surface area contributed by atoms with E-state index in [2.05, 4.69) is 49.7 Å². The lowest BCUT2D eigenvalue weighted by molar-refractivity contribution is -0.0772. The third-order valence-electron chi connectivity index (χ3n) is 4.44. The molecule has 2 rings (SSSR count). The molecule has 0 aromatic heterocycles. The summed E-state index contributed by atoms with van der Waals surface area (Å²) in [4.78, 5) is 7.36. The summed E-state index contributed by atoms with van der Waals surface area (Å²) in [6.07, 6.45) is 5.25. The van der Waals surface area contributed by atoms with Crippen LogP contribution in [0.15, 0.2) is 4.99 Å². The molecule has 2 aliphatic heterocycles. The molecule has 0 unspecified atom stereocenters. The van der Waals surface area contributed by atoms with Gasteiger partial charge in [-0.05, 0) is 70.8 Å². The van der Waals surface area contributed by atoms with Crippen molar-refractivity contribution in [3.05, 3.63) is 0 Å². The van der Waals surface area contributed by atoms with Crippen LogP contribution in [-0.4, -0.2) is 60.2 Å². The van der Waals surface area contributed by atoms with E-state index in [9.17, 15) is 0 Å². The number of thioether (sulfide) groups is 1. The molecule has 1 N–H and O–H groups in total. The lowest BCUT2D eigenvalue weighted by Crippen LogP contribution is -2.48. The van der Waals surface area contributed by atoms with Crippen LogP contribution in [0.2, 0.25) is 0 Å². The molecule has 2 fully saturated rings. The summed E-state index contributed by atoms with van der Waals surface area (Å²) >= 11 is 2.09. The van der Waals surface area contributed by atoms with Gasteiger partial charge < -0.3 is 15.0 Å². The fourth-order valence-electron chi connectivity index (χ4n) is 3.26. The van der Waals surface area contributed by atoms with Crippen LogP contribution >= 0.6 is 35.7 Å². The fraction of sp³-hybridized carbons (Fsp3) is 0.944. The number of aliphatic imine (C=N–C) groups is 1. The molecule has 0 radical (unpaired) electrons. The fourth-order valence-corrected chi connectivity index (χ4v) is 4.46. The number of guanidine groups is 1. The SMILES string of the molecule is CCNC(=NCC1CCSCC1)N1CCC(OC(C)(C)C)CC1.I. The summed E-state index contributed by atoms with van der Waals surface area (Å²) in [5.41, 5.74) is -0.0373. The second-order valence-corrected chi connectivity index (χ2v) is 8.89. The monoisotopic (exact) mass is 469 g/mol. The van der Waals surface area contributed by atoms with E-state index in [0.29, 0.717) is 6.10 Å². The van der Waals surface area contributed by atoms with Crippen molar-refractivity contribution in [1.82, 2.24) is 10.2 Å². The van der Waals surface area contributed by atoms with Crippen molar-refractivity contribution < 1.29 is 4.74 Å². The Kier molecular flexibility index (Phi) is 10.4. The number of nitrogens with zero attached hydrogens (tertiary/aromatic N) is 2. The van der Waals surface area contributed by atoms with Gasteiger partial charge in [0.2, 0.25) is 0 Å². The Hall–Kier alpha value is 0.310. The normalized spacial score (nSPS) is 21.5. The minimum atomic E-state index is -0.0373. The van der Waals surface area contributed by atoms with Gasteiger partial charge in [0.15, 0.2) is 5.96 Å². The predicted molar refractivity (Wildman–Crippen MR) is 117 cm³/mol. The van der Waals surface area contributed by atoms with E-state index in [0.717, 1.165) is 50.9 Å². The Morgan fingerprint density at radius 3 is 2.33 bits per heavy atom. The maximum absolute atomic E-state index is 6.13. The Balaban J connectivity index is 0.00000288. The van der Waals surface area contributed by atoms with E-state index in [1.807, 2.05) is 0 Å². The van der Waals surface area contributed by atoms with Crippen LogP contribution < -0.4 is 5.32 Å². The van der Waals surface area contributed by atoms with Gasteiger partial charge in [0.1, 0.15) is 0 Å². The van der Waals surface area contributed by atoms with Crippen molar-refractivity contribution >= 4 is 41.7 Å². The Labute approximate surface area is 170 Å². The predicted octanol–water partition coefficient (Wildman–Crippen LogP) is 3.99. The third-order valence-corrected chi connectivity index (χ3v) is 5.49. The van der Waals surface area contributed by atoms with Gasteiger partial charge in [-0.1, -0.05) is 0 Å². The number of nitrogens with one attached hydrogen (secondary N) is 1. The van der Waals surface area contributed by atoms with Crippen molar-refractivity contribution in [3.63, 3.8) is 0 Å². The van der Waals surface area contributed by atoms with E-state index in [4.69, 9.17) is 9.73 Å². The maximum Gasteiger partial charge on any atom is 0.193 e. The molecular formula is C18H36IN3OS. The molecule has 4 nitrogen and oxygen atoms in total. The number of likely N-dealkylation sites (tertiary alicyclic amines) is 1. The van der Waals surface area contributed by atoms with Crippen LogP contribution in [0.25, 0.3) is 0 Å². The Morgan fingerprint density at radius 1 is 1.17 bits per heavy atom. The Bertz CT molecular complexity index is 373. The first-order valence-corrected chi connectivity index (χ1v) is 10.4. The van der Waals surface area contributed by atoms with Gasteiger partial charge in [-0.3, -0.25) is 4.99 Å². The van der Waals surface area contributed by atoms with E-state index < -0.39 is 0 Å². The molecule has 0 spiro atoms. The van der Waals surface area contributed by atoms with E-state index in [-0.39, 0.29) is 29.6 Å². The van der Waals surface area contributed by atoms with Gasteiger partial charge in [-0.2, -0.15) is 11.8 Å². The van der Waals surface area contributed by atoms with Crippen molar-refractivity contribution in [2.24, 2.45) is 10.9 Å². The zero-order valence-corrected chi connectivity index (χ0v) is 19.0. The molecule has 24 heavy (non-hydrogen) atoms. The number of hydrogen-bond acceptors (Lipinski definition) is 3. The van der Waals surface area contributed by atoms with Crippen LogP contribution in [0.5, 0.6) is 0 Å². The minimum Gasteiger partial charge on any atom is -0.372 e.